The average molecular weight is 344 g/mol. The lowest BCUT2D eigenvalue weighted by atomic mass is 10.1. The maximum atomic E-state index is 12.5. The van der Waals surface area contributed by atoms with Crippen molar-refractivity contribution >= 4 is 34.1 Å². The first kappa shape index (κ1) is 16.0. The van der Waals surface area contributed by atoms with Gasteiger partial charge in [0.15, 0.2) is 0 Å². The minimum absolute atomic E-state index is 0.0538. The third kappa shape index (κ3) is 3.09. The zero-order valence-corrected chi connectivity index (χ0v) is 13.5. The minimum Gasteiger partial charge on any atom is -0.360 e. The van der Waals surface area contributed by atoms with Gasteiger partial charge in [0.25, 0.3) is 11.6 Å². The van der Waals surface area contributed by atoms with E-state index in [1.165, 1.54) is 12.1 Å². The summed E-state index contributed by atoms with van der Waals surface area (Å²) >= 11 is 5.86. The summed E-state index contributed by atoms with van der Waals surface area (Å²) in [6, 6.07) is 11.4. The monoisotopic (exact) mass is 343 g/mol. The second kappa shape index (κ2) is 6.33. The van der Waals surface area contributed by atoms with Crippen LogP contribution in [-0.4, -0.2) is 15.8 Å². The molecule has 1 amide bonds. The van der Waals surface area contributed by atoms with Crippen molar-refractivity contribution in [2.45, 2.75) is 13.0 Å². The Bertz CT molecular complexity index is 918. The molecule has 6 nitrogen and oxygen atoms in total. The molecule has 1 heterocycles. The number of nitrogens with zero attached hydrogens (tertiary/aromatic N) is 1. The molecule has 0 aliphatic rings. The van der Waals surface area contributed by atoms with Crippen LogP contribution in [0.25, 0.3) is 10.9 Å². The topological polar surface area (TPSA) is 88.0 Å². The molecule has 0 spiro atoms. The Hall–Kier alpha value is -2.86. The molecule has 7 heteroatoms. The van der Waals surface area contributed by atoms with Crippen molar-refractivity contribution in [3.8, 4) is 0 Å². The number of aromatic amines is 1. The summed E-state index contributed by atoms with van der Waals surface area (Å²) in [5.74, 6) is -0.302. The van der Waals surface area contributed by atoms with Gasteiger partial charge in [-0.2, -0.15) is 0 Å². The van der Waals surface area contributed by atoms with E-state index in [2.05, 4.69) is 10.3 Å². The Labute approximate surface area is 142 Å². The molecule has 0 fully saturated rings. The Morgan fingerprint density at radius 3 is 2.62 bits per heavy atom. The van der Waals surface area contributed by atoms with Crippen molar-refractivity contribution in [3.05, 3.63) is 74.9 Å². The van der Waals surface area contributed by atoms with Crippen LogP contribution in [-0.2, 0) is 0 Å². The number of hydrogen-bond acceptors (Lipinski definition) is 3. The molecular formula is C17H14ClN3O3. The number of aromatic nitrogens is 1. The number of nitrogens with one attached hydrogen (secondary N) is 2. The van der Waals surface area contributed by atoms with Gasteiger partial charge >= 0.3 is 0 Å². The van der Waals surface area contributed by atoms with E-state index in [0.29, 0.717) is 21.5 Å². The summed E-state index contributed by atoms with van der Waals surface area (Å²) in [5.41, 5.74) is 1.90. The first-order valence-electron chi connectivity index (χ1n) is 7.27. The zero-order valence-electron chi connectivity index (χ0n) is 12.7. The summed E-state index contributed by atoms with van der Waals surface area (Å²) in [4.78, 5) is 25.9. The second-order valence-electron chi connectivity index (χ2n) is 5.44. The lowest BCUT2D eigenvalue weighted by molar-refractivity contribution is -0.384. The number of non-ortho nitro benzene ring substituents is 1. The molecular weight excluding hydrogens is 330 g/mol. The minimum atomic E-state index is -0.482. The summed E-state index contributed by atoms with van der Waals surface area (Å²) in [5, 5.41) is 15.0. The number of carbonyl (C=O) groups excluding carboxylic acids is 1. The Morgan fingerprint density at radius 1 is 1.25 bits per heavy atom. The van der Waals surface area contributed by atoms with Gasteiger partial charge in [-0.1, -0.05) is 23.7 Å². The summed E-state index contributed by atoms with van der Waals surface area (Å²) in [7, 11) is 0. The van der Waals surface area contributed by atoms with Crippen LogP contribution in [0.5, 0.6) is 0 Å². The van der Waals surface area contributed by atoms with E-state index in [-0.39, 0.29) is 17.6 Å². The van der Waals surface area contributed by atoms with Crippen molar-refractivity contribution < 1.29 is 9.72 Å². The van der Waals surface area contributed by atoms with Gasteiger partial charge < -0.3 is 10.3 Å². The highest BCUT2D eigenvalue weighted by Crippen LogP contribution is 2.24. The number of nitro benzene ring substituents is 1. The SMILES string of the molecule is CC(NC(=O)c1c[nH]c2ccc([N+](=O)[O-])cc12)c1ccc(Cl)cc1. The Morgan fingerprint density at radius 2 is 1.96 bits per heavy atom. The van der Waals surface area contributed by atoms with E-state index >= 15 is 0 Å². The normalized spacial score (nSPS) is 12.1. The maximum absolute atomic E-state index is 12.5. The number of nitro groups is 1. The van der Waals surface area contributed by atoms with E-state index in [9.17, 15) is 14.9 Å². The van der Waals surface area contributed by atoms with Crippen LogP contribution < -0.4 is 5.32 Å². The van der Waals surface area contributed by atoms with Crippen molar-refractivity contribution in [3.63, 3.8) is 0 Å². The molecule has 122 valence electrons. The first-order valence-corrected chi connectivity index (χ1v) is 7.65. The molecule has 3 rings (SSSR count). The summed E-state index contributed by atoms with van der Waals surface area (Å²) in [6.07, 6.45) is 1.55. The van der Waals surface area contributed by atoms with Crippen molar-refractivity contribution in [2.75, 3.05) is 0 Å². The highest BCUT2D eigenvalue weighted by Gasteiger charge is 2.17. The van der Waals surface area contributed by atoms with Gasteiger partial charge in [0.2, 0.25) is 0 Å². The second-order valence-corrected chi connectivity index (χ2v) is 5.87. The van der Waals surface area contributed by atoms with E-state index in [1.807, 2.05) is 19.1 Å². The largest absolute Gasteiger partial charge is 0.360 e. The fourth-order valence-electron chi connectivity index (χ4n) is 2.52. The van der Waals surface area contributed by atoms with Gasteiger partial charge in [0.05, 0.1) is 16.5 Å². The van der Waals surface area contributed by atoms with Crippen LogP contribution in [0.3, 0.4) is 0 Å². The molecule has 3 aromatic rings. The molecule has 1 atom stereocenters. The molecule has 0 saturated carbocycles. The van der Waals surface area contributed by atoms with Crippen LogP contribution in [0.15, 0.2) is 48.7 Å². The molecule has 0 aliphatic carbocycles. The molecule has 1 aromatic heterocycles. The highest BCUT2D eigenvalue weighted by molar-refractivity contribution is 6.30. The summed E-state index contributed by atoms with van der Waals surface area (Å²) < 4.78 is 0. The molecule has 24 heavy (non-hydrogen) atoms. The molecule has 0 aliphatic heterocycles. The molecule has 2 aromatic carbocycles. The predicted octanol–water partition coefficient (Wildman–Crippen LogP) is 4.22. The predicted molar refractivity (Wildman–Crippen MR) is 92.3 cm³/mol. The maximum Gasteiger partial charge on any atom is 0.270 e. The van der Waals surface area contributed by atoms with E-state index in [1.54, 1.807) is 24.4 Å². The van der Waals surface area contributed by atoms with Crippen LogP contribution in [0.4, 0.5) is 5.69 Å². The van der Waals surface area contributed by atoms with Gasteiger partial charge in [0.1, 0.15) is 0 Å². The van der Waals surface area contributed by atoms with Crippen molar-refractivity contribution in [1.82, 2.24) is 10.3 Å². The van der Waals surface area contributed by atoms with Gasteiger partial charge in [-0.3, -0.25) is 14.9 Å². The van der Waals surface area contributed by atoms with Crippen LogP contribution in [0.2, 0.25) is 5.02 Å². The van der Waals surface area contributed by atoms with E-state index in [4.69, 9.17) is 11.6 Å². The van der Waals surface area contributed by atoms with E-state index < -0.39 is 4.92 Å². The lowest BCUT2D eigenvalue weighted by Gasteiger charge is -2.14. The number of rotatable bonds is 4. The Kier molecular flexibility index (Phi) is 4.22. The number of benzene rings is 2. The van der Waals surface area contributed by atoms with Crippen molar-refractivity contribution in [1.29, 1.82) is 0 Å². The van der Waals surface area contributed by atoms with Crippen LogP contribution in [0.1, 0.15) is 28.9 Å². The fraction of sp³-hybridized carbons (Fsp3) is 0.118. The van der Waals surface area contributed by atoms with Gasteiger partial charge in [0, 0.05) is 34.3 Å². The highest BCUT2D eigenvalue weighted by atomic mass is 35.5. The molecule has 1 unspecified atom stereocenters. The van der Waals surface area contributed by atoms with Gasteiger partial charge in [-0.15, -0.1) is 0 Å². The standard InChI is InChI=1S/C17H14ClN3O3/c1-10(11-2-4-12(18)5-3-11)20-17(22)15-9-19-16-7-6-13(21(23)24)8-14(15)16/h2-10,19H,1H3,(H,20,22). The Balaban J connectivity index is 1.87. The summed E-state index contributed by atoms with van der Waals surface area (Å²) in [6.45, 7) is 1.86. The van der Waals surface area contributed by atoms with Crippen LogP contribution in [0, 0.1) is 10.1 Å². The number of hydrogen-bond donors (Lipinski definition) is 2. The smallest absolute Gasteiger partial charge is 0.270 e. The number of carbonyl (C=O) groups is 1. The zero-order chi connectivity index (χ0) is 17.3. The van der Waals surface area contributed by atoms with Crippen molar-refractivity contribution in [2.24, 2.45) is 0 Å². The number of halogens is 1. The van der Waals surface area contributed by atoms with E-state index in [0.717, 1.165) is 5.56 Å². The van der Waals surface area contributed by atoms with Gasteiger partial charge in [-0.05, 0) is 30.7 Å². The third-order valence-corrected chi connectivity index (χ3v) is 4.09. The number of H-pyrrole nitrogens is 1. The number of amides is 1. The first-order chi connectivity index (χ1) is 11.5. The fourth-order valence-corrected chi connectivity index (χ4v) is 2.65. The molecule has 2 N–H and O–H groups in total. The van der Waals surface area contributed by atoms with Crippen LogP contribution >= 0.6 is 11.6 Å². The quantitative estimate of drug-likeness (QED) is 0.549. The lowest BCUT2D eigenvalue weighted by Crippen LogP contribution is -2.26. The molecule has 0 bridgehead atoms. The molecule has 0 radical (unpaired) electrons. The molecule has 0 saturated heterocycles. The number of fused-ring (bicyclic) bond motifs is 1. The third-order valence-electron chi connectivity index (χ3n) is 3.84. The average Bonchev–Trinajstić information content (AvgIpc) is 2.98. The van der Waals surface area contributed by atoms with Gasteiger partial charge in [-0.25, -0.2) is 0 Å².